The zero-order valence-corrected chi connectivity index (χ0v) is 40.5. The predicted molar refractivity (Wildman–Crippen MR) is 235 cm³/mol. The third-order valence-corrected chi connectivity index (χ3v) is 21.8. The monoisotopic (exact) mass is 1070 g/mol. The lowest BCUT2D eigenvalue weighted by Crippen LogP contribution is -2.43. The van der Waals surface area contributed by atoms with E-state index < -0.39 is 142 Å². The highest BCUT2D eigenvalue weighted by Gasteiger charge is 2.54. The molecule has 2 aromatic carbocycles. The maximum Gasteiger partial charge on any atom is 0.417 e. The number of rotatable bonds is 12. The number of hydrogen-bond donors (Lipinski definition) is 2. The number of nitriles is 2. The van der Waals surface area contributed by atoms with Crippen LogP contribution >= 0.6 is 0 Å². The van der Waals surface area contributed by atoms with E-state index in [0.29, 0.717) is 37.8 Å². The number of sulfone groups is 4. The molecule has 70 heavy (non-hydrogen) atoms. The Bertz CT molecular complexity index is 2670. The van der Waals surface area contributed by atoms with Crippen molar-refractivity contribution in [1.82, 2.24) is 10.6 Å². The summed E-state index contributed by atoms with van der Waals surface area (Å²) in [5.74, 6) is -3.56. The molecule has 4 saturated carbocycles. The van der Waals surface area contributed by atoms with Crippen LogP contribution in [-0.4, -0.2) is 114 Å². The van der Waals surface area contributed by atoms with Crippen LogP contribution in [0.5, 0.6) is 0 Å². The Kier molecular flexibility index (Phi) is 15.0. The number of carbonyl (C=O) groups is 2. The van der Waals surface area contributed by atoms with Crippen LogP contribution in [0, 0.1) is 34.5 Å². The minimum absolute atomic E-state index is 0.0977. The van der Waals surface area contributed by atoms with Crippen LogP contribution < -0.4 is 10.6 Å². The number of amides is 2. The smallest absolute Gasteiger partial charge is 0.374 e. The molecule has 2 aliphatic heterocycles. The van der Waals surface area contributed by atoms with Gasteiger partial charge in [-0.3, -0.25) is 9.59 Å². The molecule has 2 amide bonds. The fourth-order valence-corrected chi connectivity index (χ4v) is 16.4. The van der Waals surface area contributed by atoms with E-state index in [1.54, 1.807) is 0 Å². The minimum Gasteiger partial charge on any atom is -0.374 e. The lowest BCUT2D eigenvalue weighted by atomic mass is 10.0. The van der Waals surface area contributed by atoms with Crippen molar-refractivity contribution in [3.05, 3.63) is 59.7 Å². The molecule has 4 aliphatic carbocycles. The average Bonchev–Trinajstić information content (AvgIpc) is 4.15. The van der Waals surface area contributed by atoms with Gasteiger partial charge >= 0.3 is 12.4 Å². The molecule has 2 saturated heterocycles. The van der Waals surface area contributed by atoms with Crippen molar-refractivity contribution in [1.29, 1.82) is 10.5 Å². The van der Waals surface area contributed by atoms with E-state index in [0.717, 1.165) is 24.3 Å². The van der Waals surface area contributed by atoms with Gasteiger partial charge in [0, 0.05) is 0 Å². The van der Waals surface area contributed by atoms with Crippen LogP contribution in [0.4, 0.5) is 26.3 Å². The largest absolute Gasteiger partial charge is 0.417 e. The van der Waals surface area contributed by atoms with Crippen molar-refractivity contribution in [2.75, 3.05) is 23.0 Å². The normalized spacial score (nSPS) is 28.2. The molecule has 6 fully saturated rings. The molecule has 2 N–H and O–H groups in total. The van der Waals surface area contributed by atoms with E-state index in [4.69, 9.17) is 9.47 Å². The Balaban J connectivity index is 0.000000206. The summed E-state index contributed by atoms with van der Waals surface area (Å²) in [4.78, 5) is 24.4. The summed E-state index contributed by atoms with van der Waals surface area (Å²) in [5.41, 5.74) is -4.57. The van der Waals surface area contributed by atoms with Gasteiger partial charge in [0.25, 0.3) is 0 Å². The summed E-state index contributed by atoms with van der Waals surface area (Å²) in [6.45, 7) is 0. The summed E-state index contributed by atoms with van der Waals surface area (Å²) >= 11 is 0. The maximum absolute atomic E-state index is 13.5. The van der Waals surface area contributed by atoms with Crippen LogP contribution in [0.1, 0.15) is 88.2 Å². The van der Waals surface area contributed by atoms with Crippen molar-refractivity contribution in [3.63, 3.8) is 0 Å². The number of alkyl halides is 6. The Labute approximate surface area is 401 Å². The molecule has 16 nitrogen and oxygen atoms in total. The fraction of sp³-hybridized carbons (Fsp3) is 0.636. The van der Waals surface area contributed by atoms with Gasteiger partial charge in [0.2, 0.25) is 11.8 Å². The lowest BCUT2D eigenvalue weighted by molar-refractivity contribution is -0.140. The van der Waals surface area contributed by atoms with Gasteiger partial charge in [-0.05, 0) is 101 Å². The van der Waals surface area contributed by atoms with Gasteiger partial charge in [-0.25, -0.2) is 33.7 Å². The summed E-state index contributed by atoms with van der Waals surface area (Å²) in [7, 11) is -15.3. The van der Waals surface area contributed by atoms with Gasteiger partial charge in [0.15, 0.2) is 39.3 Å². The van der Waals surface area contributed by atoms with E-state index in [-0.39, 0.29) is 74.4 Å². The number of ether oxygens (including phenoxy) is 2. The van der Waals surface area contributed by atoms with Crippen molar-refractivity contribution < 1.29 is 79.1 Å². The second-order valence-corrected chi connectivity index (χ2v) is 27.9. The minimum atomic E-state index is -4.88. The second-order valence-electron chi connectivity index (χ2n) is 18.9. The van der Waals surface area contributed by atoms with Crippen LogP contribution in [-0.2, 0) is 70.8 Å². The molecule has 0 radical (unpaired) electrons. The summed E-state index contributed by atoms with van der Waals surface area (Å²) < 4.78 is 193. The first kappa shape index (κ1) is 53.5. The first-order valence-electron chi connectivity index (χ1n) is 22.5. The molecule has 6 aliphatic rings. The number of nitrogens with zero attached hydrogens (tertiary/aromatic N) is 2. The fourth-order valence-electron chi connectivity index (χ4n) is 9.47. The van der Waals surface area contributed by atoms with E-state index in [1.807, 2.05) is 12.1 Å². The van der Waals surface area contributed by atoms with Crippen LogP contribution in [0.15, 0.2) is 58.3 Å². The topological polar surface area (TPSA) is 261 Å². The third kappa shape index (κ3) is 12.1. The lowest BCUT2D eigenvalue weighted by Gasteiger charge is -2.28. The van der Waals surface area contributed by atoms with Gasteiger partial charge in [-0.15, -0.1) is 0 Å². The SMILES string of the molecule is N#CC1(NC(=O)[C@@H]2C[C@@H](S(=O)(=O)c3ccccc3C(F)(F)F)C[C@H]2OC2CCS(=O)(=O)CC2)CC1.N#CC1(NC(=O)[C@H]2C[C@H](S(=O)(=O)c3ccccc3C(F)(F)F)C[C@@H]2OC2CCS(=O)(=O)CC2)CC1. The quantitative estimate of drug-likeness (QED) is 0.271. The second kappa shape index (κ2) is 19.6. The van der Waals surface area contributed by atoms with E-state index in [9.17, 15) is 80.1 Å². The van der Waals surface area contributed by atoms with Gasteiger partial charge in [0.1, 0.15) is 11.1 Å². The zero-order chi connectivity index (χ0) is 51.3. The Morgan fingerprint density at radius 2 is 0.886 bits per heavy atom. The van der Waals surface area contributed by atoms with Crippen LogP contribution in [0.3, 0.4) is 0 Å². The average molecular weight is 1070 g/mol. The van der Waals surface area contributed by atoms with E-state index >= 15 is 0 Å². The maximum atomic E-state index is 13.5. The van der Waals surface area contributed by atoms with Crippen molar-refractivity contribution in [2.24, 2.45) is 11.8 Å². The van der Waals surface area contributed by atoms with Crippen molar-refractivity contribution >= 4 is 51.2 Å². The third-order valence-electron chi connectivity index (χ3n) is 13.9. The highest BCUT2D eigenvalue weighted by molar-refractivity contribution is 7.92. The Hall–Kier alpha value is -4.34. The number of benzene rings is 2. The van der Waals surface area contributed by atoms with E-state index in [2.05, 4.69) is 10.6 Å². The molecular weight excluding hydrogens is 1020 g/mol. The number of nitrogens with one attached hydrogen (secondary N) is 2. The molecule has 2 heterocycles. The van der Waals surface area contributed by atoms with Crippen LogP contribution in [0.2, 0.25) is 0 Å². The van der Waals surface area contributed by atoms with Gasteiger partial charge in [-0.1, -0.05) is 24.3 Å². The molecule has 384 valence electrons. The number of halogens is 6. The Morgan fingerprint density at radius 1 is 0.571 bits per heavy atom. The highest BCUT2D eigenvalue weighted by atomic mass is 32.2. The van der Waals surface area contributed by atoms with Crippen molar-refractivity contribution in [3.8, 4) is 12.1 Å². The van der Waals surface area contributed by atoms with Gasteiger partial charge in [-0.2, -0.15) is 36.9 Å². The number of hydrogen-bond acceptors (Lipinski definition) is 14. The van der Waals surface area contributed by atoms with Crippen LogP contribution in [0.25, 0.3) is 0 Å². The summed E-state index contributed by atoms with van der Waals surface area (Å²) in [6.07, 6.45) is -11.1. The molecule has 6 atom stereocenters. The Morgan fingerprint density at radius 3 is 1.17 bits per heavy atom. The molecule has 0 bridgehead atoms. The number of carbonyl (C=O) groups excluding carboxylic acids is 2. The van der Waals surface area contributed by atoms with Gasteiger partial charge < -0.3 is 20.1 Å². The molecule has 26 heteroatoms. The predicted octanol–water partition coefficient (Wildman–Crippen LogP) is 4.78. The van der Waals surface area contributed by atoms with Crippen molar-refractivity contribution in [2.45, 2.75) is 145 Å². The summed E-state index contributed by atoms with van der Waals surface area (Å²) in [6, 6.07) is 11.9. The zero-order valence-electron chi connectivity index (χ0n) is 37.2. The first-order valence-corrected chi connectivity index (χ1v) is 29.2. The molecular formula is C44H50F6N4O12S4. The molecule has 0 aromatic heterocycles. The van der Waals surface area contributed by atoms with E-state index in [1.165, 1.54) is 12.1 Å². The molecule has 0 unspecified atom stereocenters. The standard InChI is InChI=1S/2C22H25F3N2O6S2/c2*23-22(24,25)17-3-1-2-4-19(17)35(31,32)15-11-16(20(28)27-21(13-26)7-8-21)18(12-15)33-14-5-9-34(29,30)10-6-14/h2*1-4,14-16,18H,5-12H2,(H,27,28)/t2*15-,16-,18-/m10/s1. The highest BCUT2D eigenvalue weighted by Crippen LogP contribution is 2.45. The first-order chi connectivity index (χ1) is 32.5. The molecule has 8 rings (SSSR count). The summed E-state index contributed by atoms with van der Waals surface area (Å²) in [5, 5.41) is 21.3. The van der Waals surface area contributed by atoms with Gasteiger partial charge in [0.05, 0.1) is 103 Å². The molecule has 0 spiro atoms. The molecule has 2 aromatic rings.